The molecule has 0 fully saturated rings. The van der Waals surface area contributed by atoms with Crippen LogP contribution in [0.3, 0.4) is 0 Å². The van der Waals surface area contributed by atoms with Crippen molar-refractivity contribution in [1.82, 2.24) is 5.32 Å². The summed E-state index contributed by atoms with van der Waals surface area (Å²) in [6.07, 6.45) is -2.89. The smallest absolute Gasteiger partial charge is 0.310 e. The fourth-order valence-electron chi connectivity index (χ4n) is 1.44. The van der Waals surface area contributed by atoms with Gasteiger partial charge in [-0.3, -0.25) is 0 Å². The summed E-state index contributed by atoms with van der Waals surface area (Å²) in [6.45, 7) is 1.82. The Morgan fingerprint density at radius 2 is 1.82 bits per heavy atom. The lowest BCUT2D eigenvalue weighted by molar-refractivity contribution is -0.133. The zero-order chi connectivity index (χ0) is 12.9. The first-order chi connectivity index (χ1) is 7.92. The van der Waals surface area contributed by atoms with Crippen LogP contribution in [-0.4, -0.2) is 19.0 Å². The Labute approximate surface area is 104 Å². The summed E-state index contributed by atoms with van der Waals surface area (Å²) in [6, 6.07) is 7.77. The Hall–Kier alpha value is -0.680. The highest BCUT2D eigenvalue weighted by Crippen LogP contribution is 2.21. The first-order valence-electron chi connectivity index (χ1n) is 5.36. The van der Waals surface area contributed by atoms with Gasteiger partial charge in [-0.15, -0.1) is 11.8 Å². The van der Waals surface area contributed by atoms with Gasteiger partial charge in [-0.05, 0) is 30.9 Å². The van der Waals surface area contributed by atoms with Crippen LogP contribution in [0.15, 0.2) is 29.2 Å². The third kappa shape index (κ3) is 5.46. The minimum atomic E-state index is -4.09. The molecular formula is C12H16F3NS. The van der Waals surface area contributed by atoms with Crippen LogP contribution < -0.4 is 5.32 Å². The number of nitrogens with one attached hydrogen (secondary N) is 1. The van der Waals surface area contributed by atoms with Gasteiger partial charge in [0.15, 0.2) is 0 Å². The molecule has 1 rings (SSSR count). The Morgan fingerprint density at radius 1 is 1.24 bits per heavy atom. The van der Waals surface area contributed by atoms with E-state index in [0.717, 1.165) is 10.5 Å². The zero-order valence-electron chi connectivity index (χ0n) is 9.84. The minimum Gasteiger partial charge on any atom is -0.310 e. The van der Waals surface area contributed by atoms with Crippen LogP contribution >= 0.6 is 11.8 Å². The number of hydrogen-bond donors (Lipinski definition) is 1. The van der Waals surface area contributed by atoms with E-state index < -0.39 is 12.6 Å². The summed E-state index contributed by atoms with van der Waals surface area (Å²) in [7, 11) is 0. The Balaban J connectivity index is 2.43. The standard InChI is InChI=1S/C12H16F3NS/c1-9(16-8-7-12(13,14)15)10-3-5-11(17-2)6-4-10/h3-6,9,16H,7-8H2,1-2H3. The van der Waals surface area contributed by atoms with E-state index in [1.165, 1.54) is 0 Å². The van der Waals surface area contributed by atoms with Gasteiger partial charge in [0, 0.05) is 17.5 Å². The Bertz CT molecular complexity index is 335. The van der Waals surface area contributed by atoms with E-state index in [-0.39, 0.29) is 12.6 Å². The van der Waals surface area contributed by atoms with Crippen LogP contribution in [0.2, 0.25) is 0 Å². The quantitative estimate of drug-likeness (QED) is 0.805. The predicted molar refractivity (Wildman–Crippen MR) is 65.3 cm³/mol. The van der Waals surface area contributed by atoms with Gasteiger partial charge in [-0.2, -0.15) is 13.2 Å². The van der Waals surface area contributed by atoms with E-state index in [0.29, 0.717) is 0 Å². The van der Waals surface area contributed by atoms with Crippen molar-refractivity contribution in [3.05, 3.63) is 29.8 Å². The number of hydrogen-bond acceptors (Lipinski definition) is 2. The number of benzene rings is 1. The van der Waals surface area contributed by atoms with Crippen molar-refractivity contribution in [2.45, 2.75) is 30.5 Å². The molecule has 0 aromatic heterocycles. The van der Waals surface area contributed by atoms with Gasteiger partial charge in [-0.1, -0.05) is 12.1 Å². The average molecular weight is 263 g/mol. The third-order valence-corrected chi connectivity index (χ3v) is 3.22. The molecule has 0 aliphatic carbocycles. The second-order valence-electron chi connectivity index (χ2n) is 3.81. The number of thioether (sulfide) groups is 1. The Morgan fingerprint density at radius 3 is 2.29 bits per heavy atom. The molecule has 0 heterocycles. The van der Waals surface area contributed by atoms with Gasteiger partial charge < -0.3 is 5.32 Å². The molecule has 1 atom stereocenters. The molecule has 1 nitrogen and oxygen atoms in total. The van der Waals surface area contributed by atoms with E-state index in [1.54, 1.807) is 11.8 Å². The largest absolute Gasteiger partial charge is 0.390 e. The molecular weight excluding hydrogens is 247 g/mol. The summed E-state index contributed by atoms with van der Waals surface area (Å²) < 4.78 is 35.9. The van der Waals surface area contributed by atoms with E-state index in [4.69, 9.17) is 0 Å². The predicted octanol–water partition coefficient (Wildman–Crippen LogP) is 4.01. The highest BCUT2D eigenvalue weighted by Gasteiger charge is 2.26. The van der Waals surface area contributed by atoms with Gasteiger partial charge in [0.25, 0.3) is 0 Å². The third-order valence-electron chi connectivity index (χ3n) is 2.47. The van der Waals surface area contributed by atoms with Crippen molar-refractivity contribution in [2.75, 3.05) is 12.8 Å². The van der Waals surface area contributed by atoms with Crippen LogP contribution in [0, 0.1) is 0 Å². The molecule has 1 aromatic carbocycles. The normalized spacial score (nSPS) is 13.7. The maximum absolute atomic E-state index is 12.0. The first kappa shape index (κ1) is 14.4. The molecule has 0 aliphatic rings. The van der Waals surface area contributed by atoms with Gasteiger partial charge >= 0.3 is 6.18 Å². The highest BCUT2D eigenvalue weighted by atomic mass is 32.2. The van der Waals surface area contributed by atoms with Gasteiger partial charge in [0.1, 0.15) is 0 Å². The molecule has 1 N–H and O–H groups in total. The molecule has 96 valence electrons. The van der Waals surface area contributed by atoms with Crippen LogP contribution in [0.25, 0.3) is 0 Å². The van der Waals surface area contributed by atoms with Crippen molar-refractivity contribution in [3.63, 3.8) is 0 Å². The van der Waals surface area contributed by atoms with Crippen LogP contribution in [-0.2, 0) is 0 Å². The topological polar surface area (TPSA) is 12.0 Å². The maximum Gasteiger partial charge on any atom is 0.390 e. The average Bonchev–Trinajstić information content (AvgIpc) is 2.27. The number of rotatable bonds is 5. The number of halogens is 3. The van der Waals surface area contributed by atoms with Crippen LogP contribution in [0.1, 0.15) is 24.9 Å². The first-order valence-corrected chi connectivity index (χ1v) is 6.59. The SMILES string of the molecule is CSc1ccc(C(C)NCCC(F)(F)F)cc1. The molecule has 5 heteroatoms. The van der Waals surface area contributed by atoms with Crippen LogP contribution in [0.5, 0.6) is 0 Å². The molecule has 1 aromatic rings. The van der Waals surface area contributed by atoms with Crippen molar-refractivity contribution in [3.8, 4) is 0 Å². The Kier molecular flexibility index (Phi) is 5.33. The molecule has 1 unspecified atom stereocenters. The van der Waals surface area contributed by atoms with E-state index in [1.807, 2.05) is 37.4 Å². The highest BCUT2D eigenvalue weighted by molar-refractivity contribution is 7.98. The van der Waals surface area contributed by atoms with E-state index in [2.05, 4.69) is 5.32 Å². The summed E-state index contributed by atoms with van der Waals surface area (Å²) >= 11 is 1.64. The molecule has 0 saturated carbocycles. The van der Waals surface area contributed by atoms with Crippen molar-refractivity contribution in [1.29, 1.82) is 0 Å². The van der Waals surface area contributed by atoms with Crippen LogP contribution in [0.4, 0.5) is 13.2 Å². The lowest BCUT2D eigenvalue weighted by Crippen LogP contribution is -2.24. The molecule has 0 aliphatic heterocycles. The van der Waals surface area contributed by atoms with Crippen molar-refractivity contribution in [2.24, 2.45) is 0 Å². The van der Waals surface area contributed by atoms with Gasteiger partial charge in [0.05, 0.1) is 6.42 Å². The lowest BCUT2D eigenvalue weighted by Gasteiger charge is -2.15. The molecule has 17 heavy (non-hydrogen) atoms. The van der Waals surface area contributed by atoms with E-state index in [9.17, 15) is 13.2 Å². The number of alkyl halides is 3. The fraction of sp³-hybridized carbons (Fsp3) is 0.500. The molecule has 0 saturated heterocycles. The lowest BCUT2D eigenvalue weighted by atomic mass is 10.1. The molecule has 0 amide bonds. The molecule has 0 bridgehead atoms. The summed E-state index contributed by atoms with van der Waals surface area (Å²) in [5.74, 6) is 0. The maximum atomic E-state index is 12.0. The molecule has 0 spiro atoms. The molecule has 0 radical (unpaired) electrons. The second kappa shape index (κ2) is 6.31. The second-order valence-corrected chi connectivity index (χ2v) is 4.69. The van der Waals surface area contributed by atoms with Crippen molar-refractivity contribution < 1.29 is 13.2 Å². The zero-order valence-corrected chi connectivity index (χ0v) is 10.7. The summed E-state index contributed by atoms with van der Waals surface area (Å²) in [4.78, 5) is 1.15. The van der Waals surface area contributed by atoms with Gasteiger partial charge in [-0.25, -0.2) is 0 Å². The minimum absolute atomic E-state index is 0.0467. The summed E-state index contributed by atoms with van der Waals surface area (Å²) in [5.41, 5.74) is 1.00. The fourth-order valence-corrected chi connectivity index (χ4v) is 1.85. The monoisotopic (exact) mass is 263 g/mol. The van der Waals surface area contributed by atoms with Gasteiger partial charge in [0.2, 0.25) is 0 Å². The van der Waals surface area contributed by atoms with E-state index >= 15 is 0 Å². The van der Waals surface area contributed by atoms with Crippen molar-refractivity contribution >= 4 is 11.8 Å². The summed E-state index contributed by atoms with van der Waals surface area (Å²) in [5, 5.41) is 2.87.